The maximum Gasteiger partial charge on any atom is 0.139 e. The van der Waals surface area contributed by atoms with E-state index in [1.807, 2.05) is 18.5 Å². The molecule has 0 bridgehead atoms. The van der Waals surface area contributed by atoms with Crippen LogP contribution in [0.1, 0.15) is 25.7 Å². The van der Waals surface area contributed by atoms with Crippen molar-refractivity contribution in [3.8, 4) is 0 Å². The Morgan fingerprint density at radius 1 is 1.17 bits per heavy atom. The third-order valence-electron chi connectivity index (χ3n) is 4.84. The number of nitrogens with zero attached hydrogens (tertiary/aromatic N) is 4. The minimum atomic E-state index is 0.496. The monoisotopic (exact) mass is 327 g/mol. The van der Waals surface area contributed by atoms with Gasteiger partial charge >= 0.3 is 0 Å². The lowest BCUT2D eigenvalue weighted by molar-refractivity contribution is 0.221. The van der Waals surface area contributed by atoms with Gasteiger partial charge in [-0.2, -0.15) is 0 Å². The number of hydrogen-bond donors (Lipinski definition) is 1. The number of rotatable bonds is 3. The second kappa shape index (κ2) is 6.02. The maximum absolute atomic E-state index is 4.52. The molecule has 1 saturated carbocycles. The fourth-order valence-electron chi connectivity index (χ4n) is 3.49. The number of pyridine rings is 1. The lowest BCUT2D eigenvalue weighted by Gasteiger charge is -2.33. The van der Waals surface area contributed by atoms with Gasteiger partial charge in [0, 0.05) is 34.6 Å². The highest BCUT2D eigenvalue weighted by Crippen LogP contribution is 2.36. The standard InChI is InChI=1S/C17H21N5S/c1-22(2)12-5-3-11(4-6-12)21-16-15-13-9-18-8-7-14(13)23-17(15)20-10-19-16/h7-12H,3-6H2,1-2H3,(H,19,20,21)/t11-,12-. The molecular weight excluding hydrogens is 306 g/mol. The molecule has 3 aromatic heterocycles. The minimum Gasteiger partial charge on any atom is -0.367 e. The van der Waals surface area contributed by atoms with Crippen LogP contribution in [-0.2, 0) is 0 Å². The van der Waals surface area contributed by atoms with E-state index in [1.165, 1.54) is 30.4 Å². The van der Waals surface area contributed by atoms with Crippen molar-refractivity contribution in [2.45, 2.75) is 37.8 Å². The van der Waals surface area contributed by atoms with Crippen molar-refractivity contribution in [2.24, 2.45) is 0 Å². The molecule has 1 N–H and O–H groups in total. The second-order valence-corrected chi connectivity index (χ2v) is 7.52. The Kier molecular flexibility index (Phi) is 3.87. The van der Waals surface area contributed by atoms with E-state index in [-0.39, 0.29) is 0 Å². The molecule has 1 aliphatic rings. The molecule has 120 valence electrons. The first kappa shape index (κ1) is 14.8. The lowest BCUT2D eigenvalue weighted by atomic mass is 9.90. The van der Waals surface area contributed by atoms with Crippen molar-refractivity contribution in [3.05, 3.63) is 24.8 Å². The van der Waals surface area contributed by atoms with E-state index in [9.17, 15) is 0 Å². The summed E-state index contributed by atoms with van der Waals surface area (Å²) in [6, 6.07) is 3.26. The van der Waals surface area contributed by atoms with Gasteiger partial charge in [0.1, 0.15) is 17.0 Å². The molecule has 1 aliphatic carbocycles. The summed E-state index contributed by atoms with van der Waals surface area (Å²) < 4.78 is 1.22. The average molecular weight is 327 g/mol. The predicted molar refractivity (Wildman–Crippen MR) is 96.1 cm³/mol. The van der Waals surface area contributed by atoms with E-state index >= 15 is 0 Å². The summed E-state index contributed by atoms with van der Waals surface area (Å²) in [5.41, 5.74) is 0. The van der Waals surface area contributed by atoms with Crippen LogP contribution in [0.25, 0.3) is 20.3 Å². The maximum atomic E-state index is 4.52. The molecule has 0 radical (unpaired) electrons. The fraction of sp³-hybridized carbons (Fsp3) is 0.471. The normalized spacial score (nSPS) is 22.0. The van der Waals surface area contributed by atoms with Crippen molar-refractivity contribution < 1.29 is 0 Å². The number of nitrogens with one attached hydrogen (secondary N) is 1. The van der Waals surface area contributed by atoms with Gasteiger partial charge in [-0.1, -0.05) is 0 Å². The second-order valence-electron chi connectivity index (χ2n) is 6.49. The van der Waals surface area contributed by atoms with Crippen LogP contribution in [0.5, 0.6) is 0 Å². The Labute approximate surface area is 139 Å². The molecule has 0 atom stereocenters. The molecule has 6 heteroatoms. The van der Waals surface area contributed by atoms with Crippen LogP contribution in [0.2, 0.25) is 0 Å². The molecule has 0 saturated heterocycles. The average Bonchev–Trinajstić information content (AvgIpc) is 2.95. The number of thiophene rings is 1. The van der Waals surface area contributed by atoms with Crippen LogP contribution in [0.4, 0.5) is 5.82 Å². The van der Waals surface area contributed by atoms with Gasteiger partial charge in [-0.05, 0) is 45.8 Å². The number of hydrogen-bond acceptors (Lipinski definition) is 6. The Bertz CT molecular complexity index is 820. The van der Waals surface area contributed by atoms with Crippen LogP contribution in [0.3, 0.4) is 0 Å². The third kappa shape index (κ3) is 2.77. The van der Waals surface area contributed by atoms with Crippen molar-refractivity contribution in [1.82, 2.24) is 19.9 Å². The molecule has 5 nitrogen and oxygen atoms in total. The Hall–Kier alpha value is -1.79. The Morgan fingerprint density at radius 2 is 2.00 bits per heavy atom. The molecule has 3 heterocycles. The zero-order valence-electron chi connectivity index (χ0n) is 13.5. The predicted octanol–water partition coefficient (Wildman–Crippen LogP) is 3.52. The van der Waals surface area contributed by atoms with Crippen LogP contribution in [0, 0.1) is 0 Å². The van der Waals surface area contributed by atoms with Gasteiger partial charge in [0.25, 0.3) is 0 Å². The zero-order valence-corrected chi connectivity index (χ0v) is 14.3. The Balaban J connectivity index is 1.62. The summed E-state index contributed by atoms with van der Waals surface area (Å²) in [5, 5.41) is 5.94. The topological polar surface area (TPSA) is 53.9 Å². The molecule has 23 heavy (non-hydrogen) atoms. The molecule has 3 aromatic rings. The molecule has 0 aromatic carbocycles. The van der Waals surface area contributed by atoms with Gasteiger partial charge in [0.05, 0.1) is 5.39 Å². The summed E-state index contributed by atoms with van der Waals surface area (Å²) >= 11 is 1.70. The number of anilines is 1. The van der Waals surface area contributed by atoms with E-state index in [1.54, 1.807) is 17.7 Å². The van der Waals surface area contributed by atoms with Crippen molar-refractivity contribution in [2.75, 3.05) is 19.4 Å². The minimum absolute atomic E-state index is 0.496. The van der Waals surface area contributed by atoms with E-state index in [4.69, 9.17) is 0 Å². The summed E-state index contributed by atoms with van der Waals surface area (Å²) in [6.45, 7) is 0. The van der Waals surface area contributed by atoms with E-state index in [2.05, 4.69) is 39.3 Å². The summed E-state index contributed by atoms with van der Waals surface area (Å²) in [5.74, 6) is 0.961. The molecule has 0 spiro atoms. The highest BCUT2D eigenvalue weighted by Gasteiger charge is 2.23. The fourth-order valence-corrected chi connectivity index (χ4v) is 4.50. The van der Waals surface area contributed by atoms with Crippen LogP contribution >= 0.6 is 11.3 Å². The van der Waals surface area contributed by atoms with Gasteiger partial charge < -0.3 is 10.2 Å². The molecule has 1 fully saturated rings. The van der Waals surface area contributed by atoms with Crippen molar-refractivity contribution in [3.63, 3.8) is 0 Å². The SMILES string of the molecule is CN(C)[C@H]1CC[C@H](Nc2ncnc3sc4ccncc4c23)CC1. The first-order chi connectivity index (χ1) is 11.2. The van der Waals surface area contributed by atoms with Gasteiger partial charge in [0.15, 0.2) is 0 Å². The van der Waals surface area contributed by atoms with E-state index in [0.717, 1.165) is 21.4 Å². The van der Waals surface area contributed by atoms with Crippen LogP contribution < -0.4 is 5.32 Å². The summed E-state index contributed by atoms with van der Waals surface area (Å²) in [6.07, 6.45) is 10.3. The molecule has 4 rings (SSSR count). The largest absolute Gasteiger partial charge is 0.367 e. The first-order valence-corrected chi connectivity index (χ1v) is 8.94. The molecule has 0 amide bonds. The van der Waals surface area contributed by atoms with Crippen LogP contribution in [-0.4, -0.2) is 46.0 Å². The summed E-state index contributed by atoms with van der Waals surface area (Å²) in [4.78, 5) is 16.6. The number of aromatic nitrogens is 3. The number of fused-ring (bicyclic) bond motifs is 3. The molecule has 0 unspecified atom stereocenters. The smallest absolute Gasteiger partial charge is 0.139 e. The molecule has 0 aliphatic heterocycles. The van der Waals surface area contributed by atoms with E-state index < -0.39 is 0 Å². The lowest BCUT2D eigenvalue weighted by Crippen LogP contribution is -2.36. The van der Waals surface area contributed by atoms with E-state index in [0.29, 0.717) is 12.1 Å². The van der Waals surface area contributed by atoms with Crippen molar-refractivity contribution >= 4 is 37.5 Å². The highest BCUT2D eigenvalue weighted by molar-refractivity contribution is 7.25. The van der Waals surface area contributed by atoms with Gasteiger partial charge in [-0.15, -0.1) is 11.3 Å². The van der Waals surface area contributed by atoms with Crippen LogP contribution in [0.15, 0.2) is 24.8 Å². The summed E-state index contributed by atoms with van der Waals surface area (Å²) in [7, 11) is 4.35. The van der Waals surface area contributed by atoms with Gasteiger partial charge in [0.2, 0.25) is 0 Å². The first-order valence-electron chi connectivity index (χ1n) is 8.12. The third-order valence-corrected chi connectivity index (χ3v) is 5.92. The quantitative estimate of drug-likeness (QED) is 0.797. The van der Waals surface area contributed by atoms with Gasteiger partial charge in [-0.3, -0.25) is 4.98 Å². The Morgan fingerprint density at radius 3 is 2.78 bits per heavy atom. The van der Waals surface area contributed by atoms with Gasteiger partial charge in [-0.25, -0.2) is 9.97 Å². The zero-order chi connectivity index (χ0) is 15.8. The van der Waals surface area contributed by atoms with Crippen molar-refractivity contribution in [1.29, 1.82) is 0 Å². The molecular formula is C17H21N5S. The highest BCUT2D eigenvalue weighted by atomic mass is 32.1.